The van der Waals surface area contributed by atoms with Crippen LogP contribution in [0.15, 0.2) is 0 Å². The predicted octanol–water partition coefficient (Wildman–Crippen LogP) is 2.66. The van der Waals surface area contributed by atoms with E-state index in [2.05, 4.69) is 17.1 Å². The second-order valence-corrected chi connectivity index (χ2v) is 7.28. The van der Waals surface area contributed by atoms with Crippen LogP contribution in [0.3, 0.4) is 0 Å². The SMILES string of the molecule is CCCCC1CCC(C(=O)N2C[C@H]3CNC[C@H]3C2)CC1. The van der Waals surface area contributed by atoms with Crippen LogP contribution < -0.4 is 5.32 Å². The van der Waals surface area contributed by atoms with E-state index in [1.165, 1.54) is 32.1 Å². The van der Waals surface area contributed by atoms with Gasteiger partial charge in [0.15, 0.2) is 0 Å². The highest BCUT2D eigenvalue weighted by atomic mass is 16.2. The maximum absolute atomic E-state index is 12.7. The van der Waals surface area contributed by atoms with E-state index in [-0.39, 0.29) is 0 Å². The Kier molecular flexibility index (Phi) is 4.65. The van der Waals surface area contributed by atoms with E-state index in [0.29, 0.717) is 11.8 Å². The molecule has 0 aromatic heterocycles. The second-order valence-electron chi connectivity index (χ2n) is 7.28. The molecule has 20 heavy (non-hydrogen) atoms. The first kappa shape index (κ1) is 14.4. The summed E-state index contributed by atoms with van der Waals surface area (Å²) in [6.45, 7) is 6.56. The molecule has 3 aliphatic rings. The summed E-state index contributed by atoms with van der Waals surface area (Å²) in [6, 6.07) is 0. The van der Waals surface area contributed by atoms with Crippen molar-refractivity contribution in [1.82, 2.24) is 10.2 Å². The van der Waals surface area contributed by atoms with Crippen LogP contribution in [0.2, 0.25) is 0 Å². The van der Waals surface area contributed by atoms with Crippen molar-refractivity contribution in [2.75, 3.05) is 26.2 Å². The summed E-state index contributed by atoms with van der Waals surface area (Å²) >= 11 is 0. The fourth-order valence-corrected chi connectivity index (χ4v) is 4.48. The van der Waals surface area contributed by atoms with Crippen molar-refractivity contribution >= 4 is 5.91 Å². The quantitative estimate of drug-likeness (QED) is 0.857. The van der Waals surface area contributed by atoms with Gasteiger partial charge < -0.3 is 10.2 Å². The Balaban J connectivity index is 1.45. The third-order valence-corrected chi connectivity index (χ3v) is 5.86. The van der Waals surface area contributed by atoms with Gasteiger partial charge in [-0.3, -0.25) is 4.79 Å². The van der Waals surface area contributed by atoms with Gasteiger partial charge in [-0.2, -0.15) is 0 Å². The molecule has 0 aromatic rings. The molecule has 1 saturated carbocycles. The lowest BCUT2D eigenvalue weighted by Gasteiger charge is -2.30. The van der Waals surface area contributed by atoms with E-state index >= 15 is 0 Å². The summed E-state index contributed by atoms with van der Waals surface area (Å²) < 4.78 is 0. The minimum Gasteiger partial charge on any atom is -0.342 e. The van der Waals surface area contributed by atoms with E-state index in [9.17, 15) is 4.79 Å². The van der Waals surface area contributed by atoms with Crippen LogP contribution in [-0.2, 0) is 4.79 Å². The fraction of sp³-hybridized carbons (Fsp3) is 0.941. The first-order valence-corrected chi connectivity index (χ1v) is 8.77. The molecule has 3 nitrogen and oxygen atoms in total. The van der Waals surface area contributed by atoms with Gasteiger partial charge in [-0.1, -0.05) is 26.2 Å². The predicted molar refractivity (Wildman–Crippen MR) is 81.4 cm³/mol. The van der Waals surface area contributed by atoms with Crippen molar-refractivity contribution < 1.29 is 4.79 Å². The molecule has 2 aliphatic heterocycles. The van der Waals surface area contributed by atoms with Crippen molar-refractivity contribution in [3.63, 3.8) is 0 Å². The van der Waals surface area contributed by atoms with E-state index in [1.807, 2.05) is 0 Å². The molecule has 1 amide bonds. The Bertz CT molecular complexity index is 324. The molecule has 2 saturated heterocycles. The molecule has 3 heteroatoms. The molecule has 0 radical (unpaired) electrons. The van der Waals surface area contributed by atoms with Gasteiger partial charge in [0.05, 0.1) is 0 Å². The van der Waals surface area contributed by atoms with Crippen molar-refractivity contribution in [1.29, 1.82) is 0 Å². The number of hydrogen-bond donors (Lipinski definition) is 1. The number of fused-ring (bicyclic) bond motifs is 1. The van der Waals surface area contributed by atoms with E-state index in [0.717, 1.165) is 56.8 Å². The van der Waals surface area contributed by atoms with Gasteiger partial charge in [-0.25, -0.2) is 0 Å². The fourth-order valence-electron chi connectivity index (χ4n) is 4.48. The molecule has 0 bridgehead atoms. The lowest BCUT2D eigenvalue weighted by atomic mass is 9.79. The molecule has 2 heterocycles. The maximum Gasteiger partial charge on any atom is 0.225 e. The number of nitrogens with zero attached hydrogens (tertiary/aromatic N) is 1. The summed E-state index contributed by atoms with van der Waals surface area (Å²) in [5, 5.41) is 3.45. The minimum absolute atomic E-state index is 0.347. The Labute approximate surface area is 123 Å². The third kappa shape index (κ3) is 3.03. The Hall–Kier alpha value is -0.570. The van der Waals surface area contributed by atoms with E-state index in [1.54, 1.807) is 0 Å². The molecular weight excluding hydrogens is 248 g/mol. The van der Waals surface area contributed by atoms with E-state index in [4.69, 9.17) is 0 Å². The second kappa shape index (κ2) is 6.46. The summed E-state index contributed by atoms with van der Waals surface area (Å²) in [4.78, 5) is 14.8. The topological polar surface area (TPSA) is 32.3 Å². The molecule has 3 rings (SSSR count). The first-order valence-electron chi connectivity index (χ1n) is 8.77. The van der Waals surface area contributed by atoms with Crippen LogP contribution in [0, 0.1) is 23.7 Å². The Morgan fingerprint density at radius 1 is 1.10 bits per heavy atom. The van der Waals surface area contributed by atoms with Crippen LogP contribution in [0.1, 0.15) is 51.9 Å². The number of amides is 1. The summed E-state index contributed by atoms with van der Waals surface area (Å²) in [5.74, 6) is 3.20. The van der Waals surface area contributed by atoms with E-state index < -0.39 is 0 Å². The number of carbonyl (C=O) groups excluding carboxylic acids is 1. The van der Waals surface area contributed by atoms with Gasteiger partial charge in [0.1, 0.15) is 0 Å². The summed E-state index contributed by atoms with van der Waals surface area (Å²) in [7, 11) is 0. The standard InChI is InChI=1S/C17H30N2O/c1-2-3-4-13-5-7-14(8-6-13)17(20)19-11-15-9-18-10-16(15)12-19/h13-16,18H,2-12H2,1H3/t13?,14?,15-,16+. The van der Waals surface area contributed by atoms with Crippen LogP contribution >= 0.6 is 0 Å². The maximum atomic E-state index is 12.7. The average molecular weight is 278 g/mol. The van der Waals surface area contributed by atoms with Gasteiger partial charge in [-0.15, -0.1) is 0 Å². The lowest BCUT2D eigenvalue weighted by Crippen LogP contribution is -2.38. The molecule has 1 aliphatic carbocycles. The van der Waals surface area contributed by atoms with Gasteiger partial charge in [-0.05, 0) is 43.4 Å². The lowest BCUT2D eigenvalue weighted by molar-refractivity contribution is -0.136. The highest BCUT2D eigenvalue weighted by Gasteiger charge is 2.40. The zero-order valence-corrected chi connectivity index (χ0v) is 12.9. The molecule has 3 fully saturated rings. The summed E-state index contributed by atoms with van der Waals surface area (Å²) in [5.41, 5.74) is 0. The molecule has 1 N–H and O–H groups in total. The molecule has 114 valence electrons. The van der Waals surface area contributed by atoms with Crippen LogP contribution in [0.5, 0.6) is 0 Å². The molecular formula is C17H30N2O. The first-order chi connectivity index (χ1) is 9.78. The number of carbonyl (C=O) groups is 1. The van der Waals surface area contributed by atoms with Crippen molar-refractivity contribution in [2.45, 2.75) is 51.9 Å². The number of nitrogens with one attached hydrogen (secondary N) is 1. The zero-order valence-electron chi connectivity index (χ0n) is 12.9. The molecule has 0 spiro atoms. The van der Waals surface area contributed by atoms with Gasteiger partial charge in [0.2, 0.25) is 5.91 Å². The highest BCUT2D eigenvalue weighted by molar-refractivity contribution is 5.79. The number of unbranched alkanes of at least 4 members (excludes halogenated alkanes) is 1. The van der Waals surface area contributed by atoms with Gasteiger partial charge >= 0.3 is 0 Å². The molecule has 0 unspecified atom stereocenters. The highest BCUT2D eigenvalue weighted by Crippen LogP contribution is 2.35. The van der Waals surface area contributed by atoms with Crippen molar-refractivity contribution in [2.24, 2.45) is 23.7 Å². The largest absolute Gasteiger partial charge is 0.342 e. The smallest absolute Gasteiger partial charge is 0.225 e. The summed E-state index contributed by atoms with van der Waals surface area (Å²) in [6.07, 6.45) is 8.94. The van der Waals surface area contributed by atoms with Gasteiger partial charge in [0, 0.05) is 32.1 Å². The van der Waals surface area contributed by atoms with Crippen molar-refractivity contribution in [3.8, 4) is 0 Å². The normalized spacial score (nSPS) is 37.1. The number of hydrogen-bond acceptors (Lipinski definition) is 2. The van der Waals surface area contributed by atoms with Crippen LogP contribution in [-0.4, -0.2) is 37.0 Å². The Morgan fingerprint density at radius 3 is 2.35 bits per heavy atom. The van der Waals surface area contributed by atoms with Crippen LogP contribution in [0.25, 0.3) is 0 Å². The third-order valence-electron chi connectivity index (χ3n) is 5.86. The zero-order chi connectivity index (χ0) is 13.9. The molecule has 0 aromatic carbocycles. The minimum atomic E-state index is 0.347. The number of likely N-dealkylation sites (tertiary alicyclic amines) is 1. The monoisotopic (exact) mass is 278 g/mol. The average Bonchev–Trinajstić information content (AvgIpc) is 3.06. The molecule has 2 atom stereocenters. The Morgan fingerprint density at radius 2 is 1.75 bits per heavy atom. The van der Waals surface area contributed by atoms with Crippen molar-refractivity contribution in [3.05, 3.63) is 0 Å². The number of rotatable bonds is 4. The van der Waals surface area contributed by atoms with Crippen LogP contribution in [0.4, 0.5) is 0 Å². The van der Waals surface area contributed by atoms with Gasteiger partial charge in [0.25, 0.3) is 0 Å².